The van der Waals surface area contributed by atoms with Crippen LogP contribution in [0.2, 0.25) is 0 Å². The first-order valence-corrected chi connectivity index (χ1v) is 4.98. The maximum Gasteiger partial charge on any atom is 0.238 e. The van der Waals surface area contributed by atoms with Crippen LogP contribution in [0.1, 0.15) is 0 Å². The second-order valence-corrected chi connectivity index (χ2v) is 3.56. The summed E-state index contributed by atoms with van der Waals surface area (Å²) >= 11 is 0.114. The molecule has 0 atom stereocenters. The van der Waals surface area contributed by atoms with Crippen LogP contribution >= 0.6 is 12.1 Å². The van der Waals surface area contributed by atoms with E-state index >= 15 is 0 Å². The van der Waals surface area contributed by atoms with E-state index in [1.165, 1.54) is 6.34 Å². The number of amidine groups is 1. The Hall–Kier alpha value is -1.69. The van der Waals surface area contributed by atoms with Crippen molar-refractivity contribution >= 4 is 30.3 Å². The molecule has 4 nitrogen and oxygen atoms in total. The van der Waals surface area contributed by atoms with E-state index in [1.807, 2.05) is 18.2 Å². The minimum absolute atomic E-state index is 0.114. The Labute approximate surface area is 89.6 Å². The molecule has 6 heteroatoms. The van der Waals surface area contributed by atoms with Gasteiger partial charge in [-0.1, -0.05) is 6.08 Å². The van der Waals surface area contributed by atoms with Crippen molar-refractivity contribution in [2.45, 2.75) is 0 Å². The number of hydrogen-bond acceptors (Lipinski definition) is 5. The monoisotopic (exact) mass is 220 g/mol. The molecule has 15 heavy (non-hydrogen) atoms. The Morgan fingerprint density at radius 3 is 3.20 bits per heavy atom. The predicted octanol–water partition coefficient (Wildman–Crippen LogP) is 2.01. The van der Waals surface area contributed by atoms with E-state index in [4.69, 9.17) is 0 Å². The first-order chi connectivity index (χ1) is 7.38. The van der Waals surface area contributed by atoms with Crippen LogP contribution in [0.25, 0.3) is 0 Å². The summed E-state index contributed by atoms with van der Waals surface area (Å²) in [5.41, 5.74) is 0.832. The van der Waals surface area contributed by atoms with Gasteiger partial charge in [0.2, 0.25) is 5.96 Å². The molecule has 3 aliphatic rings. The van der Waals surface area contributed by atoms with E-state index in [-0.39, 0.29) is 12.1 Å². The Morgan fingerprint density at radius 1 is 1.40 bits per heavy atom. The van der Waals surface area contributed by atoms with Crippen LogP contribution in [-0.4, -0.2) is 23.0 Å². The minimum atomic E-state index is 0.114. The Morgan fingerprint density at radius 2 is 2.33 bits per heavy atom. The molecule has 0 saturated heterocycles. The fourth-order valence-electron chi connectivity index (χ4n) is 1.52. The second kappa shape index (κ2) is 3.16. The summed E-state index contributed by atoms with van der Waals surface area (Å²) in [5, 5.41) is 0.307. The number of guanidine groups is 1. The second-order valence-electron chi connectivity index (χ2n) is 2.99. The standard InChI is InChI=1S/C9H5FN4S/c10-15-8-4-6-2-1-3-7-11-5-12-9(13-8)14(6)7/h1-5H. The number of aliphatic imine (C=N–C) groups is 3. The number of halogens is 1. The van der Waals surface area contributed by atoms with E-state index in [1.54, 1.807) is 11.0 Å². The fourth-order valence-corrected chi connectivity index (χ4v) is 1.80. The van der Waals surface area contributed by atoms with Gasteiger partial charge in [0.15, 0.2) is 0 Å². The van der Waals surface area contributed by atoms with Gasteiger partial charge in [0.25, 0.3) is 0 Å². The third-order valence-corrected chi connectivity index (χ3v) is 2.49. The van der Waals surface area contributed by atoms with Crippen LogP contribution in [0.4, 0.5) is 3.89 Å². The van der Waals surface area contributed by atoms with Crippen LogP contribution in [-0.2, 0) is 0 Å². The maximum absolute atomic E-state index is 12.5. The maximum atomic E-state index is 12.5. The van der Waals surface area contributed by atoms with Crippen LogP contribution in [0.15, 0.2) is 50.0 Å². The van der Waals surface area contributed by atoms with E-state index in [2.05, 4.69) is 15.0 Å². The molecule has 0 N–H and O–H groups in total. The fraction of sp³-hybridized carbons (Fsp3) is 0. The highest BCUT2D eigenvalue weighted by atomic mass is 32.2. The third-order valence-electron chi connectivity index (χ3n) is 2.12. The summed E-state index contributed by atoms with van der Waals surface area (Å²) in [7, 11) is 0. The topological polar surface area (TPSA) is 40.3 Å². The first-order valence-electron chi connectivity index (χ1n) is 4.26. The van der Waals surface area contributed by atoms with Gasteiger partial charge in [-0.15, -0.1) is 0 Å². The van der Waals surface area contributed by atoms with Crippen molar-refractivity contribution in [2.75, 3.05) is 0 Å². The normalized spacial score (nSPS) is 21.5. The highest BCUT2D eigenvalue weighted by molar-refractivity contribution is 7.98. The molecule has 0 aromatic carbocycles. The molecule has 0 fully saturated rings. The lowest BCUT2D eigenvalue weighted by Crippen LogP contribution is -2.38. The lowest BCUT2D eigenvalue weighted by molar-refractivity contribution is 0.746. The molecule has 74 valence electrons. The Balaban J connectivity index is 2.16. The first kappa shape index (κ1) is 8.60. The van der Waals surface area contributed by atoms with Gasteiger partial charge < -0.3 is 0 Å². The molecule has 3 heterocycles. The van der Waals surface area contributed by atoms with Crippen LogP contribution in [0.3, 0.4) is 0 Å². The molecule has 0 unspecified atom stereocenters. The average Bonchev–Trinajstić information content (AvgIpc) is 2.29. The number of rotatable bonds is 1. The molecule has 0 spiro atoms. The van der Waals surface area contributed by atoms with E-state index in [0.29, 0.717) is 11.0 Å². The molecule has 0 amide bonds. The van der Waals surface area contributed by atoms with Gasteiger partial charge in [-0.3, -0.25) is 4.90 Å². The predicted molar refractivity (Wildman–Crippen MR) is 59.2 cm³/mol. The molecular formula is C9H5FN4S. The lowest BCUT2D eigenvalue weighted by atomic mass is 10.2. The van der Waals surface area contributed by atoms with E-state index in [9.17, 15) is 3.89 Å². The van der Waals surface area contributed by atoms with Crippen molar-refractivity contribution < 1.29 is 3.89 Å². The van der Waals surface area contributed by atoms with Crippen molar-refractivity contribution in [3.05, 3.63) is 35.0 Å². The number of hydrogen-bond donors (Lipinski definition) is 0. The Bertz CT molecular complexity index is 496. The van der Waals surface area contributed by atoms with Gasteiger partial charge in [0.05, 0.1) is 5.70 Å². The summed E-state index contributed by atoms with van der Waals surface area (Å²) in [6, 6.07) is 0. The van der Waals surface area contributed by atoms with Crippen LogP contribution in [0.5, 0.6) is 0 Å². The van der Waals surface area contributed by atoms with Crippen molar-refractivity contribution in [1.29, 1.82) is 0 Å². The molecule has 0 bridgehead atoms. The quantitative estimate of drug-likeness (QED) is 0.678. The molecule has 0 radical (unpaired) electrons. The number of allylic oxidation sites excluding steroid dienone is 3. The summed E-state index contributed by atoms with van der Waals surface area (Å²) < 4.78 is 12.5. The summed E-state index contributed by atoms with van der Waals surface area (Å²) in [5.74, 6) is 1.21. The summed E-state index contributed by atoms with van der Waals surface area (Å²) in [4.78, 5) is 13.9. The van der Waals surface area contributed by atoms with Gasteiger partial charge in [-0.2, -0.15) is 3.89 Å². The van der Waals surface area contributed by atoms with Crippen molar-refractivity contribution in [2.24, 2.45) is 15.0 Å². The smallest absolute Gasteiger partial charge is 0.238 e. The van der Waals surface area contributed by atoms with Gasteiger partial charge in [0.1, 0.15) is 29.4 Å². The van der Waals surface area contributed by atoms with E-state index in [0.717, 1.165) is 11.5 Å². The van der Waals surface area contributed by atoms with E-state index < -0.39 is 0 Å². The van der Waals surface area contributed by atoms with Crippen molar-refractivity contribution in [3.8, 4) is 0 Å². The van der Waals surface area contributed by atoms with Gasteiger partial charge in [0, 0.05) is 0 Å². The van der Waals surface area contributed by atoms with Crippen LogP contribution in [0, 0.1) is 0 Å². The van der Waals surface area contributed by atoms with Gasteiger partial charge in [-0.25, -0.2) is 15.0 Å². The number of nitrogens with zero attached hydrogens (tertiary/aromatic N) is 4. The lowest BCUT2D eigenvalue weighted by Gasteiger charge is -2.30. The van der Waals surface area contributed by atoms with Gasteiger partial charge >= 0.3 is 0 Å². The minimum Gasteiger partial charge on any atom is -0.263 e. The molecular weight excluding hydrogens is 215 g/mol. The third kappa shape index (κ3) is 1.25. The highest BCUT2D eigenvalue weighted by Gasteiger charge is 2.26. The summed E-state index contributed by atoms with van der Waals surface area (Å²) in [6.45, 7) is 0. The zero-order valence-corrected chi connectivity index (χ0v) is 8.28. The van der Waals surface area contributed by atoms with Gasteiger partial charge in [-0.05, 0) is 18.2 Å². The largest absolute Gasteiger partial charge is 0.263 e. The SMILES string of the molecule is FSC1=CC2=CC=CC3=NC=NC(=N1)N23. The highest BCUT2D eigenvalue weighted by Crippen LogP contribution is 2.29. The molecule has 0 aromatic heterocycles. The summed E-state index contributed by atoms with van der Waals surface area (Å²) in [6.07, 6.45) is 8.66. The molecule has 0 aromatic rings. The van der Waals surface area contributed by atoms with Crippen molar-refractivity contribution in [1.82, 2.24) is 4.90 Å². The average molecular weight is 220 g/mol. The molecule has 0 aliphatic carbocycles. The zero-order chi connectivity index (χ0) is 10.3. The molecule has 0 saturated carbocycles. The van der Waals surface area contributed by atoms with Crippen molar-refractivity contribution in [3.63, 3.8) is 0 Å². The van der Waals surface area contributed by atoms with Crippen LogP contribution < -0.4 is 0 Å². The zero-order valence-electron chi connectivity index (χ0n) is 7.46. The Kier molecular flexibility index (Phi) is 1.81. The molecule has 3 rings (SSSR count). The molecule has 3 aliphatic heterocycles.